The van der Waals surface area contributed by atoms with E-state index >= 15 is 0 Å². The van der Waals surface area contributed by atoms with E-state index in [1.165, 1.54) is 6.20 Å². The first-order valence-electron chi connectivity index (χ1n) is 6.87. The molecule has 2 rings (SSSR count). The fraction of sp³-hybridized carbons (Fsp3) is 0.312. The molecule has 0 spiro atoms. The van der Waals surface area contributed by atoms with Crippen molar-refractivity contribution in [3.05, 3.63) is 41.6 Å². The van der Waals surface area contributed by atoms with Gasteiger partial charge in [0.25, 0.3) is 0 Å². The molecule has 0 heterocycles. The van der Waals surface area contributed by atoms with Crippen molar-refractivity contribution in [3.8, 4) is 6.07 Å². The molecule has 0 saturated heterocycles. The van der Waals surface area contributed by atoms with Gasteiger partial charge in [0.2, 0.25) is 0 Å². The predicted molar refractivity (Wildman–Crippen MR) is 79.9 cm³/mol. The Bertz CT molecular complexity index is 637. The lowest BCUT2D eigenvalue weighted by Gasteiger charge is -2.09. The number of esters is 1. The van der Waals surface area contributed by atoms with Crippen molar-refractivity contribution in [1.29, 1.82) is 5.26 Å². The molecule has 0 atom stereocenters. The van der Waals surface area contributed by atoms with Crippen LogP contribution in [0.2, 0.25) is 0 Å². The van der Waals surface area contributed by atoms with Crippen LogP contribution in [0.25, 0.3) is 0 Å². The highest BCUT2D eigenvalue weighted by molar-refractivity contribution is 6.21. The number of ether oxygens (including phenoxy) is 1. The largest absolute Gasteiger partial charge is 0.462 e. The summed E-state index contributed by atoms with van der Waals surface area (Å²) in [6.45, 7) is 2.04. The van der Waals surface area contributed by atoms with E-state index in [9.17, 15) is 4.79 Å². The van der Waals surface area contributed by atoms with Gasteiger partial charge in [-0.2, -0.15) is 5.26 Å². The minimum atomic E-state index is -0.456. The highest BCUT2D eigenvalue weighted by Gasteiger charge is 2.33. The van der Waals surface area contributed by atoms with Crippen LogP contribution in [0.1, 0.15) is 25.3 Å². The lowest BCUT2D eigenvalue weighted by Crippen LogP contribution is -2.19. The first kappa shape index (κ1) is 14.8. The van der Waals surface area contributed by atoms with Crippen LogP contribution in [0.4, 0.5) is 5.69 Å². The third kappa shape index (κ3) is 3.69. The van der Waals surface area contributed by atoms with E-state index in [1.807, 2.05) is 0 Å². The zero-order chi connectivity index (χ0) is 15.2. The van der Waals surface area contributed by atoms with Gasteiger partial charge < -0.3 is 10.5 Å². The fourth-order valence-corrected chi connectivity index (χ4v) is 1.98. The molecule has 0 bridgehead atoms. The van der Waals surface area contributed by atoms with Crippen molar-refractivity contribution in [1.82, 2.24) is 0 Å². The summed E-state index contributed by atoms with van der Waals surface area (Å²) in [5, 5.41) is 8.93. The van der Waals surface area contributed by atoms with Crippen molar-refractivity contribution in [3.63, 3.8) is 0 Å². The number of nitrogens with zero attached hydrogens (tertiary/aromatic N) is 2. The van der Waals surface area contributed by atoms with E-state index in [4.69, 9.17) is 15.7 Å². The Labute approximate surface area is 123 Å². The number of rotatable bonds is 5. The second-order valence-corrected chi connectivity index (χ2v) is 4.73. The monoisotopic (exact) mass is 283 g/mol. The molecule has 2 N–H and O–H groups in total. The summed E-state index contributed by atoms with van der Waals surface area (Å²) < 4.78 is 5.02. The molecule has 1 aromatic rings. The lowest BCUT2D eigenvalue weighted by atomic mass is 10.1. The molecule has 1 aliphatic carbocycles. The Morgan fingerprint density at radius 2 is 2.33 bits per heavy atom. The average molecular weight is 283 g/mol. The SMILES string of the molecule is CCOC(=O)C(=CN)C(=Nc1cccc(C#N)c1)C1CC1. The highest BCUT2D eigenvalue weighted by Crippen LogP contribution is 2.35. The van der Waals surface area contributed by atoms with Gasteiger partial charge in [0.15, 0.2) is 0 Å². The van der Waals surface area contributed by atoms with E-state index in [0.717, 1.165) is 12.8 Å². The first-order valence-corrected chi connectivity index (χ1v) is 6.87. The zero-order valence-corrected chi connectivity index (χ0v) is 11.9. The minimum Gasteiger partial charge on any atom is -0.462 e. The maximum atomic E-state index is 12.0. The van der Waals surface area contributed by atoms with E-state index in [-0.39, 0.29) is 12.5 Å². The summed E-state index contributed by atoms with van der Waals surface area (Å²) in [6, 6.07) is 9.02. The smallest absolute Gasteiger partial charge is 0.341 e. The molecular formula is C16H17N3O2. The number of carbonyl (C=O) groups excluding carboxylic acids is 1. The summed E-state index contributed by atoms with van der Waals surface area (Å²) in [7, 11) is 0. The Kier molecular flexibility index (Phi) is 4.72. The van der Waals surface area contributed by atoms with E-state index in [2.05, 4.69) is 11.1 Å². The number of aliphatic imine (C=N–C) groups is 1. The maximum absolute atomic E-state index is 12.0. The number of nitrogens with two attached hydrogens (primary N) is 1. The van der Waals surface area contributed by atoms with Crippen LogP contribution in [-0.2, 0) is 9.53 Å². The van der Waals surface area contributed by atoms with E-state index < -0.39 is 5.97 Å². The molecule has 1 saturated carbocycles. The molecule has 0 radical (unpaired) electrons. The van der Waals surface area contributed by atoms with Gasteiger partial charge in [-0.15, -0.1) is 0 Å². The quantitative estimate of drug-likeness (QED) is 0.510. The summed E-state index contributed by atoms with van der Waals surface area (Å²) in [5.74, 6) is -0.225. The molecular weight excluding hydrogens is 266 g/mol. The van der Waals surface area contributed by atoms with Crippen LogP contribution in [0.3, 0.4) is 0 Å². The second kappa shape index (κ2) is 6.71. The molecule has 1 aromatic carbocycles. The number of nitriles is 1. The number of hydrogen-bond acceptors (Lipinski definition) is 5. The van der Waals surface area contributed by atoms with Crippen LogP contribution in [0, 0.1) is 17.2 Å². The molecule has 5 heteroatoms. The Hall–Kier alpha value is -2.61. The molecule has 5 nitrogen and oxygen atoms in total. The predicted octanol–water partition coefficient (Wildman–Crippen LogP) is 2.45. The number of hydrogen-bond donors (Lipinski definition) is 1. The molecule has 1 fully saturated rings. The summed E-state index contributed by atoms with van der Waals surface area (Å²) in [5.41, 5.74) is 7.70. The summed E-state index contributed by atoms with van der Waals surface area (Å²) in [4.78, 5) is 16.5. The first-order chi connectivity index (χ1) is 10.2. The molecule has 0 aromatic heterocycles. The standard InChI is InChI=1S/C16H17N3O2/c1-2-21-16(20)14(10-18)15(12-6-7-12)19-13-5-3-4-11(8-13)9-17/h3-5,8,10,12H,2,6-7,18H2,1H3. The summed E-state index contributed by atoms with van der Waals surface area (Å²) in [6.07, 6.45) is 3.21. The van der Waals surface area contributed by atoms with Crippen molar-refractivity contribution in [2.75, 3.05) is 6.61 Å². The van der Waals surface area contributed by atoms with E-state index in [1.54, 1.807) is 31.2 Å². The average Bonchev–Trinajstić information content (AvgIpc) is 3.32. The minimum absolute atomic E-state index is 0.231. The fourth-order valence-electron chi connectivity index (χ4n) is 1.98. The topological polar surface area (TPSA) is 88.5 Å². The highest BCUT2D eigenvalue weighted by atomic mass is 16.5. The van der Waals surface area contributed by atoms with Gasteiger partial charge >= 0.3 is 5.97 Å². The van der Waals surface area contributed by atoms with E-state index in [0.29, 0.717) is 22.5 Å². The van der Waals surface area contributed by atoms with Crippen molar-refractivity contribution < 1.29 is 9.53 Å². The van der Waals surface area contributed by atoms with Gasteiger partial charge in [0, 0.05) is 12.1 Å². The lowest BCUT2D eigenvalue weighted by molar-refractivity contribution is -0.137. The van der Waals surface area contributed by atoms with Crippen molar-refractivity contribution in [2.45, 2.75) is 19.8 Å². The Balaban J connectivity index is 2.36. The second-order valence-electron chi connectivity index (χ2n) is 4.73. The van der Waals surface area contributed by atoms with Gasteiger partial charge in [-0.3, -0.25) is 4.99 Å². The van der Waals surface area contributed by atoms with Crippen LogP contribution in [0.15, 0.2) is 41.0 Å². The Morgan fingerprint density at radius 1 is 1.57 bits per heavy atom. The van der Waals surface area contributed by atoms with Crippen LogP contribution in [-0.4, -0.2) is 18.3 Å². The summed E-state index contributed by atoms with van der Waals surface area (Å²) >= 11 is 0. The van der Waals surface area contributed by atoms with Crippen LogP contribution >= 0.6 is 0 Å². The zero-order valence-electron chi connectivity index (χ0n) is 11.9. The number of benzene rings is 1. The van der Waals surface area contributed by atoms with Gasteiger partial charge in [-0.25, -0.2) is 4.79 Å². The van der Waals surface area contributed by atoms with Gasteiger partial charge in [-0.05, 0) is 38.0 Å². The van der Waals surface area contributed by atoms with Crippen molar-refractivity contribution in [2.24, 2.45) is 16.6 Å². The number of carbonyl (C=O) groups is 1. The van der Waals surface area contributed by atoms with Gasteiger partial charge in [0.1, 0.15) is 0 Å². The van der Waals surface area contributed by atoms with Crippen LogP contribution in [0.5, 0.6) is 0 Å². The Morgan fingerprint density at radius 3 is 2.90 bits per heavy atom. The molecule has 21 heavy (non-hydrogen) atoms. The maximum Gasteiger partial charge on any atom is 0.341 e. The molecule has 0 unspecified atom stereocenters. The van der Waals surface area contributed by atoms with Crippen LogP contribution < -0.4 is 5.73 Å². The van der Waals surface area contributed by atoms with Gasteiger partial charge in [-0.1, -0.05) is 6.07 Å². The molecule has 108 valence electrons. The third-order valence-electron chi connectivity index (χ3n) is 3.13. The van der Waals surface area contributed by atoms with Crippen molar-refractivity contribution >= 4 is 17.4 Å². The third-order valence-corrected chi connectivity index (χ3v) is 3.13. The molecule has 0 aliphatic heterocycles. The molecule has 0 amide bonds. The normalized spacial score (nSPS) is 15.4. The molecule has 1 aliphatic rings. The van der Waals surface area contributed by atoms with Gasteiger partial charge in [0.05, 0.1) is 35.2 Å².